The van der Waals surface area contributed by atoms with Crippen molar-refractivity contribution in [3.05, 3.63) is 65.2 Å². The van der Waals surface area contributed by atoms with Crippen LogP contribution in [0, 0.1) is 13.8 Å². The molecule has 0 bridgehead atoms. The Balaban J connectivity index is 1.80. The Bertz CT molecular complexity index is 905. The van der Waals surface area contributed by atoms with Crippen molar-refractivity contribution in [3.63, 3.8) is 0 Å². The summed E-state index contributed by atoms with van der Waals surface area (Å²) in [6, 6.07) is 15.9. The summed E-state index contributed by atoms with van der Waals surface area (Å²) in [4.78, 5) is 20.4. The minimum Gasteiger partial charge on any atom is -0.437 e. The predicted octanol–water partition coefficient (Wildman–Crippen LogP) is 4.56. The van der Waals surface area contributed by atoms with Gasteiger partial charge in [-0.25, -0.2) is 9.69 Å². The summed E-state index contributed by atoms with van der Waals surface area (Å²) in [6.07, 6.45) is 0.0524. The highest BCUT2D eigenvalue weighted by Crippen LogP contribution is 2.49. The molecule has 5 heteroatoms. The van der Waals surface area contributed by atoms with E-state index < -0.39 is 17.4 Å². The Morgan fingerprint density at radius 1 is 1.08 bits per heavy atom. The van der Waals surface area contributed by atoms with Crippen LogP contribution in [0.5, 0.6) is 0 Å². The first-order chi connectivity index (χ1) is 12.3. The average molecular weight is 350 g/mol. The minimum atomic E-state index is -1.01. The van der Waals surface area contributed by atoms with Gasteiger partial charge in [0, 0.05) is 0 Å². The van der Waals surface area contributed by atoms with Crippen molar-refractivity contribution in [1.82, 2.24) is 0 Å². The molecule has 2 aromatic rings. The van der Waals surface area contributed by atoms with Crippen LogP contribution in [0.4, 0.5) is 10.5 Å². The van der Waals surface area contributed by atoms with Gasteiger partial charge in [-0.15, -0.1) is 0 Å². The molecule has 2 aromatic carbocycles. The predicted molar refractivity (Wildman–Crippen MR) is 100 cm³/mol. The molecule has 134 valence electrons. The summed E-state index contributed by atoms with van der Waals surface area (Å²) in [5.74, 6) is 0. The molecule has 0 aromatic heterocycles. The summed E-state index contributed by atoms with van der Waals surface area (Å²) >= 11 is 0. The fourth-order valence-electron chi connectivity index (χ4n) is 3.66. The van der Waals surface area contributed by atoms with Crippen LogP contribution in [-0.2, 0) is 9.57 Å². The lowest BCUT2D eigenvalue weighted by Gasteiger charge is -2.37. The van der Waals surface area contributed by atoms with Gasteiger partial charge in [0.1, 0.15) is 0 Å². The van der Waals surface area contributed by atoms with Gasteiger partial charge in [-0.2, -0.15) is 0 Å². The van der Waals surface area contributed by atoms with Crippen molar-refractivity contribution in [1.29, 1.82) is 0 Å². The Labute approximate surface area is 153 Å². The Kier molecular flexibility index (Phi) is 3.58. The number of amides is 1. The first-order valence-electron chi connectivity index (χ1n) is 8.75. The molecular formula is C21H22N2O3. The van der Waals surface area contributed by atoms with Crippen LogP contribution in [0.2, 0.25) is 0 Å². The molecule has 1 spiro atoms. The molecule has 26 heavy (non-hydrogen) atoms. The number of ether oxygens (including phenoxy) is 1. The van der Waals surface area contributed by atoms with Crippen molar-refractivity contribution in [2.45, 2.75) is 45.4 Å². The van der Waals surface area contributed by atoms with Gasteiger partial charge in [0.15, 0.2) is 5.60 Å². The normalized spacial score (nSPS) is 23.8. The fourth-order valence-corrected chi connectivity index (χ4v) is 3.66. The van der Waals surface area contributed by atoms with E-state index in [1.54, 1.807) is 4.90 Å². The van der Waals surface area contributed by atoms with Gasteiger partial charge in [-0.1, -0.05) is 47.6 Å². The number of rotatable bonds is 2. The molecule has 0 aliphatic carbocycles. The smallest absolute Gasteiger partial charge is 0.418 e. The van der Waals surface area contributed by atoms with E-state index in [0.29, 0.717) is 6.42 Å². The zero-order chi connectivity index (χ0) is 18.5. The van der Waals surface area contributed by atoms with Gasteiger partial charge >= 0.3 is 6.09 Å². The summed E-state index contributed by atoms with van der Waals surface area (Å²) in [5, 5.41) is 4.34. The van der Waals surface area contributed by atoms with E-state index in [4.69, 9.17) is 9.57 Å². The van der Waals surface area contributed by atoms with Crippen LogP contribution in [0.3, 0.4) is 0 Å². The van der Waals surface area contributed by atoms with Gasteiger partial charge in [-0.3, -0.25) is 0 Å². The summed E-state index contributed by atoms with van der Waals surface area (Å²) in [6.45, 7) is 7.73. The number of benzene rings is 2. The minimum absolute atomic E-state index is 0.409. The monoisotopic (exact) mass is 350 g/mol. The molecule has 0 saturated carbocycles. The second-order valence-electron chi connectivity index (χ2n) is 7.46. The highest BCUT2D eigenvalue weighted by molar-refractivity contribution is 6.04. The number of carbonyl (C=O) groups excluding carboxylic acids is 1. The number of oxime groups is 1. The first-order valence-corrected chi connectivity index (χ1v) is 8.75. The van der Waals surface area contributed by atoms with Crippen molar-refractivity contribution in [2.24, 2.45) is 5.16 Å². The molecule has 1 fully saturated rings. The first kappa shape index (κ1) is 16.6. The van der Waals surface area contributed by atoms with E-state index in [2.05, 4.69) is 5.16 Å². The lowest BCUT2D eigenvalue weighted by Crippen LogP contribution is -2.56. The molecule has 0 radical (unpaired) electrons. The van der Waals surface area contributed by atoms with Gasteiger partial charge in [-0.05, 0) is 50.5 Å². The standard InChI is InChI=1S/C21H22N2O3/c1-14-10-11-15(2)18(12-14)23-19(24)25-20(3,4)21(23)13-17(22-26-21)16-8-6-5-7-9-16/h5-12H,13H2,1-4H3. The molecule has 2 aliphatic rings. The Morgan fingerprint density at radius 2 is 1.81 bits per heavy atom. The second-order valence-corrected chi connectivity index (χ2v) is 7.46. The summed E-state index contributed by atoms with van der Waals surface area (Å²) in [7, 11) is 0. The average Bonchev–Trinajstić information content (AvgIpc) is 3.12. The molecular weight excluding hydrogens is 328 g/mol. The Hall–Kier alpha value is -2.82. The third-order valence-corrected chi connectivity index (χ3v) is 5.25. The van der Waals surface area contributed by atoms with Gasteiger partial charge < -0.3 is 9.57 Å². The number of cyclic esters (lactones) is 1. The van der Waals surface area contributed by atoms with E-state index in [0.717, 1.165) is 28.1 Å². The molecule has 2 aliphatic heterocycles. The maximum Gasteiger partial charge on any atom is 0.418 e. The molecule has 0 N–H and O–H groups in total. The highest BCUT2D eigenvalue weighted by Gasteiger charge is 2.66. The van der Waals surface area contributed by atoms with Crippen LogP contribution in [-0.4, -0.2) is 23.1 Å². The van der Waals surface area contributed by atoms with Crippen LogP contribution in [0.25, 0.3) is 0 Å². The molecule has 1 atom stereocenters. The van der Waals surface area contributed by atoms with E-state index in [9.17, 15) is 4.79 Å². The summed E-state index contributed by atoms with van der Waals surface area (Å²) in [5.41, 5.74) is 2.80. The van der Waals surface area contributed by atoms with E-state index in [-0.39, 0.29) is 0 Å². The molecule has 4 rings (SSSR count). The number of hydrogen-bond donors (Lipinski definition) is 0. The fraction of sp³-hybridized carbons (Fsp3) is 0.333. The third kappa shape index (κ3) is 2.30. The van der Waals surface area contributed by atoms with Crippen LogP contribution in [0.15, 0.2) is 53.7 Å². The number of anilines is 1. The highest BCUT2D eigenvalue weighted by atomic mass is 16.7. The van der Waals surface area contributed by atoms with Crippen LogP contribution >= 0.6 is 0 Å². The molecule has 1 amide bonds. The third-order valence-electron chi connectivity index (χ3n) is 5.25. The van der Waals surface area contributed by atoms with Crippen molar-refractivity contribution in [3.8, 4) is 0 Å². The number of carbonyl (C=O) groups is 1. The number of hydrogen-bond acceptors (Lipinski definition) is 4. The Morgan fingerprint density at radius 3 is 2.54 bits per heavy atom. The lowest BCUT2D eigenvalue weighted by molar-refractivity contribution is -0.111. The van der Waals surface area contributed by atoms with E-state index >= 15 is 0 Å². The molecule has 1 saturated heterocycles. The van der Waals surface area contributed by atoms with E-state index in [1.165, 1.54) is 0 Å². The lowest BCUT2D eigenvalue weighted by atomic mass is 9.87. The molecule has 2 heterocycles. The maximum absolute atomic E-state index is 12.8. The zero-order valence-electron chi connectivity index (χ0n) is 15.4. The largest absolute Gasteiger partial charge is 0.437 e. The SMILES string of the molecule is Cc1ccc(C)c(N2C(=O)OC(C)(C)C23CC(c2ccccc2)=NO3)c1. The summed E-state index contributed by atoms with van der Waals surface area (Å²) < 4.78 is 5.72. The number of aryl methyl sites for hydroxylation is 2. The zero-order valence-corrected chi connectivity index (χ0v) is 15.4. The quantitative estimate of drug-likeness (QED) is 0.798. The molecule has 1 unspecified atom stereocenters. The van der Waals surface area contributed by atoms with Crippen molar-refractivity contribution >= 4 is 17.5 Å². The topological polar surface area (TPSA) is 51.1 Å². The van der Waals surface area contributed by atoms with Gasteiger partial charge in [0.2, 0.25) is 0 Å². The molecule has 5 nitrogen and oxygen atoms in total. The second kappa shape index (κ2) is 5.59. The van der Waals surface area contributed by atoms with Crippen LogP contribution in [0.1, 0.15) is 37.0 Å². The maximum atomic E-state index is 12.8. The van der Waals surface area contributed by atoms with Gasteiger partial charge in [0.05, 0.1) is 17.8 Å². The van der Waals surface area contributed by atoms with E-state index in [1.807, 2.05) is 76.2 Å². The van der Waals surface area contributed by atoms with Crippen molar-refractivity contribution < 1.29 is 14.4 Å². The van der Waals surface area contributed by atoms with Gasteiger partial charge in [0.25, 0.3) is 5.72 Å². The van der Waals surface area contributed by atoms with Crippen LogP contribution < -0.4 is 4.90 Å². The number of nitrogens with zero attached hydrogens (tertiary/aromatic N) is 2. The van der Waals surface area contributed by atoms with Crippen molar-refractivity contribution in [2.75, 3.05) is 4.90 Å².